The van der Waals surface area contributed by atoms with Crippen LogP contribution in [0.15, 0.2) is 18.2 Å². The quantitative estimate of drug-likeness (QED) is 0.896. The zero-order valence-electron chi connectivity index (χ0n) is 14.8. The van der Waals surface area contributed by atoms with E-state index in [4.69, 9.17) is 0 Å². The average Bonchev–Trinajstić information content (AvgIpc) is 3.00. The van der Waals surface area contributed by atoms with Crippen molar-refractivity contribution in [3.63, 3.8) is 0 Å². The van der Waals surface area contributed by atoms with Crippen LogP contribution in [0.3, 0.4) is 0 Å². The molecule has 3 rings (SSSR count). The van der Waals surface area contributed by atoms with Crippen LogP contribution < -0.4 is 10.6 Å². The molecule has 0 radical (unpaired) electrons. The highest BCUT2D eigenvalue weighted by Gasteiger charge is 2.38. The summed E-state index contributed by atoms with van der Waals surface area (Å²) in [6, 6.07) is 5.90. The summed E-state index contributed by atoms with van der Waals surface area (Å²) in [6.07, 6.45) is 5.88. The molecule has 2 N–H and O–H groups in total. The molecule has 2 amide bonds. The molecule has 1 heterocycles. The van der Waals surface area contributed by atoms with Crippen molar-refractivity contribution < 1.29 is 9.59 Å². The van der Waals surface area contributed by atoms with Crippen LogP contribution in [0.2, 0.25) is 0 Å². The van der Waals surface area contributed by atoms with Gasteiger partial charge in [0.25, 0.3) is 5.91 Å². The van der Waals surface area contributed by atoms with Crippen molar-refractivity contribution in [2.24, 2.45) is 5.92 Å². The van der Waals surface area contributed by atoms with E-state index in [-0.39, 0.29) is 17.9 Å². The van der Waals surface area contributed by atoms with Gasteiger partial charge in [0, 0.05) is 31.4 Å². The Labute approximate surface area is 143 Å². The Morgan fingerprint density at radius 1 is 1.21 bits per heavy atom. The monoisotopic (exact) mass is 329 g/mol. The first kappa shape index (κ1) is 17.0. The topological polar surface area (TPSA) is 61.4 Å². The van der Waals surface area contributed by atoms with Crippen LogP contribution in [-0.2, 0) is 4.79 Å². The summed E-state index contributed by atoms with van der Waals surface area (Å²) in [6.45, 7) is 1.91. The molecule has 5 nitrogen and oxygen atoms in total. The van der Waals surface area contributed by atoms with Gasteiger partial charge in [-0.25, -0.2) is 0 Å². The van der Waals surface area contributed by atoms with Gasteiger partial charge in [-0.1, -0.05) is 18.9 Å². The van der Waals surface area contributed by atoms with E-state index in [9.17, 15) is 9.59 Å². The lowest BCUT2D eigenvalue weighted by molar-refractivity contribution is -0.117. The van der Waals surface area contributed by atoms with Crippen LogP contribution in [0.4, 0.5) is 5.69 Å². The largest absolute Gasteiger partial charge is 0.345 e. The maximum Gasteiger partial charge on any atom is 0.253 e. The number of nitrogens with zero attached hydrogens (tertiary/aromatic N) is 1. The van der Waals surface area contributed by atoms with E-state index in [1.54, 1.807) is 25.1 Å². The minimum atomic E-state index is -0.118. The number of aryl methyl sites for hydroxylation is 1. The third-order valence-electron chi connectivity index (χ3n) is 5.32. The number of amides is 2. The van der Waals surface area contributed by atoms with Gasteiger partial charge in [-0.2, -0.15) is 0 Å². The van der Waals surface area contributed by atoms with E-state index < -0.39 is 0 Å². The minimum Gasteiger partial charge on any atom is -0.345 e. The summed E-state index contributed by atoms with van der Waals surface area (Å²) >= 11 is 0. The molecular formula is C19H27N3O2. The summed E-state index contributed by atoms with van der Waals surface area (Å²) in [4.78, 5) is 26.4. The molecule has 1 aromatic rings. The van der Waals surface area contributed by atoms with Crippen molar-refractivity contribution >= 4 is 17.5 Å². The highest BCUT2D eigenvalue weighted by Crippen LogP contribution is 2.33. The molecule has 2 fully saturated rings. The zero-order chi connectivity index (χ0) is 17.3. The van der Waals surface area contributed by atoms with E-state index >= 15 is 0 Å². The molecule has 1 saturated heterocycles. The molecule has 0 spiro atoms. The Bertz CT molecular complexity index is 627. The molecule has 0 aromatic heterocycles. The van der Waals surface area contributed by atoms with E-state index in [0.717, 1.165) is 12.0 Å². The van der Waals surface area contributed by atoms with Crippen LogP contribution >= 0.6 is 0 Å². The number of rotatable bonds is 3. The SMILES string of the molecule is Cc1ccc(NC(=O)C2CC3CCCCC3N2)cc1C(=O)N(C)C. The molecule has 3 unspecified atom stereocenters. The summed E-state index contributed by atoms with van der Waals surface area (Å²) < 4.78 is 0. The number of carbonyl (C=O) groups excluding carboxylic acids is 2. The van der Waals surface area contributed by atoms with Gasteiger partial charge in [-0.05, 0) is 49.8 Å². The number of hydrogen-bond donors (Lipinski definition) is 2. The maximum absolute atomic E-state index is 12.6. The van der Waals surface area contributed by atoms with Crippen molar-refractivity contribution in [1.82, 2.24) is 10.2 Å². The lowest BCUT2D eigenvalue weighted by Crippen LogP contribution is -2.39. The van der Waals surface area contributed by atoms with Gasteiger partial charge >= 0.3 is 0 Å². The number of carbonyl (C=O) groups is 2. The normalized spacial score (nSPS) is 25.9. The molecule has 1 aliphatic carbocycles. The fourth-order valence-corrected chi connectivity index (χ4v) is 3.92. The number of hydrogen-bond acceptors (Lipinski definition) is 3. The maximum atomic E-state index is 12.6. The lowest BCUT2D eigenvalue weighted by Gasteiger charge is -2.24. The molecule has 130 valence electrons. The fourth-order valence-electron chi connectivity index (χ4n) is 3.92. The van der Waals surface area contributed by atoms with Crippen LogP contribution in [0.5, 0.6) is 0 Å². The number of benzene rings is 1. The minimum absolute atomic E-state index is 0.0107. The van der Waals surface area contributed by atoms with Gasteiger partial charge in [0.2, 0.25) is 5.91 Å². The van der Waals surface area contributed by atoms with Gasteiger partial charge in [-0.3, -0.25) is 9.59 Å². The Hall–Kier alpha value is -1.88. The second-order valence-electron chi connectivity index (χ2n) is 7.32. The van der Waals surface area contributed by atoms with Gasteiger partial charge < -0.3 is 15.5 Å². The predicted molar refractivity (Wildman–Crippen MR) is 95.1 cm³/mol. The molecular weight excluding hydrogens is 302 g/mol. The summed E-state index contributed by atoms with van der Waals surface area (Å²) in [5.41, 5.74) is 2.23. The number of anilines is 1. The van der Waals surface area contributed by atoms with Crippen LogP contribution in [0.25, 0.3) is 0 Å². The first-order chi connectivity index (χ1) is 11.5. The second-order valence-corrected chi connectivity index (χ2v) is 7.32. The van der Waals surface area contributed by atoms with Crippen LogP contribution in [0.1, 0.15) is 48.0 Å². The zero-order valence-corrected chi connectivity index (χ0v) is 14.8. The van der Waals surface area contributed by atoms with Crippen molar-refractivity contribution in [2.75, 3.05) is 19.4 Å². The third kappa shape index (κ3) is 3.46. The number of nitrogens with one attached hydrogen (secondary N) is 2. The molecule has 3 atom stereocenters. The van der Waals surface area contributed by atoms with Gasteiger partial charge in [0.15, 0.2) is 0 Å². The molecule has 1 aromatic carbocycles. The van der Waals surface area contributed by atoms with Gasteiger partial charge in [0.05, 0.1) is 6.04 Å². The van der Waals surface area contributed by atoms with Crippen molar-refractivity contribution in [2.45, 2.75) is 51.1 Å². The molecule has 24 heavy (non-hydrogen) atoms. The van der Waals surface area contributed by atoms with E-state index in [1.165, 1.54) is 25.7 Å². The van der Waals surface area contributed by atoms with Crippen LogP contribution in [0, 0.1) is 12.8 Å². The van der Waals surface area contributed by atoms with E-state index in [1.807, 2.05) is 19.1 Å². The van der Waals surface area contributed by atoms with Crippen molar-refractivity contribution in [3.8, 4) is 0 Å². The third-order valence-corrected chi connectivity index (χ3v) is 5.32. The summed E-state index contributed by atoms with van der Waals surface area (Å²) in [5, 5.41) is 6.48. The summed E-state index contributed by atoms with van der Waals surface area (Å²) in [5.74, 6) is 0.600. The molecule has 0 bridgehead atoms. The lowest BCUT2D eigenvalue weighted by atomic mass is 9.85. The first-order valence-corrected chi connectivity index (χ1v) is 8.85. The van der Waals surface area contributed by atoms with E-state index in [2.05, 4.69) is 10.6 Å². The Morgan fingerprint density at radius 2 is 1.96 bits per heavy atom. The fraction of sp³-hybridized carbons (Fsp3) is 0.579. The van der Waals surface area contributed by atoms with E-state index in [0.29, 0.717) is 23.2 Å². The predicted octanol–water partition coefficient (Wildman–Crippen LogP) is 2.56. The number of fused-ring (bicyclic) bond motifs is 1. The van der Waals surface area contributed by atoms with Gasteiger partial charge in [-0.15, -0.1) is 0 Å². The van der Waals surface area contributed by atoms with Crippen molar-refractivity contribution in [1.29, 1.82) is 0 Å². The van der Waals surface area contributed by atoms with Crippen LogP contribution in [-0.4, -0.2) is 42.9 Å². The highest BCUT2D eigenvalue weighted by atomic mass is 16.2. The highest BCUT2D eigenvalue weighted by molar-refractivity contribution is 5.99. The Kier molecular flexibility index (Phi) is 4.90. The second kappa shape index (κ2) is 6.93. The Balaban J connectivity index is 1.68. The molecule has 2 aliphatic rings. The average molecular weight is 329 g/mol. The Morgan fingerprint density at radius 3 is 2.67 bits per heavy atom. The smallest absolute Gasteiger partial charge is 0.253 e. The molecule has 1 saturated carbocycles. The first-order valence-electron chi connectivity index (χ1n) is 8.85. The standard InChI is InChI=1S/C19H27N3O2/c1-12-8-9-14(11-15(12)19(24)22(2)3)20-18(23)17-10-13-6-4-5-7-16(13)21-17/h8-9,11,13,16-17,21H,4-7,10H2,1-3H3,(H,20,23). The van der Waals surface area contributed by atoms with Gasteiger partial charge in [0.1, 0.15) is 0 Å². The molecule has 5 heteroatoms. The molecule has 1 aliphatic heterocycles. The van der Waals surface area contributed by atoms with Crippen molar-refractivity contribution in [3.05, 3.63) is 29.3 Å². The summed E-state index contributed by atoms with van der Waals surface area (Å²) in [7, 11) is 3.47.